The Hall–Kier alpha value is -2.54. The maximum absolute atomic E-state index is 13.0. The minimum absolute atomic E-state index is 0.109. The molecule has 1 N–H and O–H groups in total. The van der Waals surface area contributed by atoms with Gasteiger partial charge in [0.15, 0.2) is 5.76 Å². The van der Waals surface area contributed by atoms with Crippen molar-refractivity contribution in [2.24, 2.45) is 0 Å². The molecule has 2 heterocycles. The minimum Gasteiger partial charge on any atom is -0.439 e. The molecule has 9 heteroatoms. The minimum atomic E-state index is -1.27. The summed E-state index contributed by atoms with van der Waals surface area (Å²) in [6, 6.07) is 11.3. The summed E-state index contributed by atoms with van der Waals surface area (Å²) in [6.07, 6.45) is 1.53. The van der Waals surface area contributed by atoms with Crippen LogP contribution in [0.4, 0.5) is 4.79 Å². The van der Waals surface area contributed by atoms with Gasteiger partial charge in [-0.05, 0) is 36.8 Å². The van der Waals surface area contributed by atoms with Crippen molar-refractivity contribution in [1.29, 1.82) is 0 Å². The van der Waals surface area contributed by atoms with E-state index in [4.69, 9.17) is 39.2 Å². The van der Waals surface area contributed by atoms with E-state index in [1.807, 2.05) is 6.07 Å². The highest BCUT2D eigenvalue weighted by Gasteiger charge is 2.49. The van der Waals surface area contributed by atoms with Gasteiger partial charge in [0.05, 0.1) is 16.2 Å². The molecule has 0 radical (unpaired) electrons. The maximum Gasteiger partial charge on any atom is 0.325 e. The van der Waals surface area contributed by atoms with Crippen molar-refractivity contribution in [3.05, 3.63) is 75.2 Å². The lowest BCUT2D eigenvalue weighted by molar-refractivity contribution is -0.131. The van der Waals surface area contributed by atoms with E-state index in [1.165, 1.54) is 6.20 Å². The van der Waals surface area contributed by atoms with Gasteiger partial charge in [0.25, 0.3) is 5.91 Å². The zero-order chi connectivity index (χ0) is 20.8. The third-order valence-corrected chi connectivity index (χ3v) is 5.70. The Morgan fingerprint density at radius 2 is 1.90 bits per heavy atom. The number of carbonyl (C=O) groups is 2. The Labute approximate surface area is 181 Å². The highest BCUT2D eigenvalue weighted by atomic mass is 35.5. The van der Waals surface area contributed by atoms with Crippen LogP contribution in [0.25, 0.3) is 11.3 Å². The van der Waals surface area contributed by atoms with Crippen LogP contribution in [0.15, 0.2) is 53.1 Å². The van der Waals surface area contributed by atoms with Crippen LogP contribution in [0.2, 0.25) is 15.1 Å². The molecule has 0 bridgehead atoms. The van der Waals surface area contributed by atoms with E-state index in [9.17, 15) is 9.59 Å². The average molecular weight is 451 g/mol. The number of benzene rings is 2. The summed E-state index contributed by atoms with van der Waals surface area (Å²) in [5.41, 5.74) is 0.00195. The first-order valence-corrected chi connectivity index (χ1v) is 9.71. The van der Waals surface area contributed by atoms with Gasteiger partial charge in [-0.25, -0.2) is 9.78 Å². The molecule has 4 rings (SSSR count). The van der Waals surface area contributed by atoms with E-state index in [-0.39, 0.29) is 12.4 Å². The second-order valence-electron chi connectivity index (χ2n) is 6.70. The van der Waals surface area contributed by atoms with Gasteiger partial charge >= 0.3 is 6.03 Å². The number of nitrogens with zero attached hydrogens (tertiary/aromatic N) is 2. The van der Waals surface area contributed by atoms with E-state index in [0.717, 1.165) is 10.5 Å². The van der Waals surface area contributed by atoms with Crippen molar-refractivity contribution in [2.45, 2.75) is 19.0 Å². The Morgan fingerprint density at radius 3 is 2.62 bits per heavy atom. The molecule has 3 aromatic rings. The third kappa shape index (κ3) is 3.59. The zero-order valence-electron chi connectivity index (χ0n) is 15.1. The van der Waals surface area contributed by atoms with Crippen LogP contribution in [0.5, 0.6) is 0 Å². The van der Waals surface area contributed by atoms with E-state index < -0.39 is 17.5 Å². The fourth-order valence-corrected chi connectivity index (χ4v) is 3.63. The fourth-order valence-electron chi connectivity index (χ4n) is 3.14. The van der Waals surface area contributed by atoms with Crippen molar-refractivity contribution in [3.8, 4) is 11.3 Å². The number of oxazole rings is 1. The molecule has 0 aliphatic carbocycles. The topological polar surface area (TPSA) is 75.4 Å². The van der Waals surface area contributed by atoms with Crippen molar-refractivity contribution < 1.29 is 14.0 Å². The highest BCUT2D eigenvalue weighted by Crippen LogP contribution is 2.34. The number of hydrogen-bond donors (Lipinski definition) is 1. The second kappa shape index (κ2) is 7.37. The third-order valence-electron chi connectivity index (χ3n) is 4.73. The predicted molar refractivity (Wildman–Crippen MR) is 110 cm³/mol. The number of imide groups is 1. The normalized spacial score (nSPS) is 19.0. The smallest absolute Gasteiger partial charge is 0.325 e. The Morgan fingerprint density at radius 1 is 1.10 bits per heavy atom. The van der Waals surface area contributed by atoms with Crippen LogP contribution < -0.4 is 5.32 Å². The molecule has 0 spiro atoms. The van der Waals surface area contributed by atoms with Crippen LogP contribution in [0.3, 0.4) is 0 Å². The number of rotatable bonds is 4. The summed E-state index contributed by atoms with van der Waals surface area (Å²) >= 11 is 18.0. The van der Waals surface area contributed by atoms with E-state index >= 15 is 0 Å². The van der Waals surface area contributed by atoms with Crippen LogP contribution >= 0.6 is 34.8 Å². The molecule has 6 nitrogen and oxygen atoms in total. The summed E-state index contributed by atoms with van der Waals surface area (Å²) in [5.74, 6) is 0.270. The Balaban J connectivity index is 1.58. The number of halogens is 3. The first kappa shape index (κ1) is 19.8. The number of hydrogen-bond acceptors (Lipinski definition) is 4. The summed E-state index contributed by atoms with van der Waals surface area (Å²) in [4.78, 5) is 30.8. The van der Waals surface area contributed by atoms with Gasteiger partial charge in [-0.2, -0.15) is 0 Å². The van der Waals surface area contributed by atoms with Crippen molar-refractivity contribution in [1.82, 2.24) is 15.2 Å². The molecular weight excluding hydrogens is 437 g/mol. The number of carbonyl (C=O) groups excluding carboxylic acids is 2. The molecule has 1 fully saturated rings. The fraction of sp³-hybridized carbons (Fsp3) is 0.150. The first-order valence-electron chi connectivity index (χ1n) is 8.58. The lowest BCUT2D eigenvalue weighted by atomic mass is 9.92. The highest BCUT2D eigenvalue weighted by molar-refractivity contribution is 6.42. The standard InChI is InChI=1S/C20H14Cl3N3O3/c1-20(12-5-6-14(22)15(23)8-12)18(27)26(19(28)25-20)10-17-24-9-16(29-17)11-3-2-4-13(21)7-11/h2-9H,10H2,1H3,(H,25,28). The molecule has 3 amide bonds. The monoisotopic (exact) mass is 449 g/mol. The van der Waals surface area contributed by atoms with Gasteiger partial charge in [0, 0.05) is 10.6 Å². The SMILES string of the molecule is CC1(c2ccc(Cl)c(Cl)c2)NC(=O)N(Cc2ncc(-c3cccc(Cl)c3)o2)C1=O. The van der Waals surface area contributed by atoms with Crippen molar-refractivity contribution in [3.63, 3.8) is 0 Å². The number of amides is 3. The lowest BCUT2D eigenvalue weighted by Gasteiger charge is -2.22. The lowest BCUT2D eigenvalue weighted by Crippen LogP contribution is -2.40. The van der Waals surface area contributed by atoms with Crippen molar-refractivity contribution >= 4 is 46.7 Å². The average Bonchev–Trinajstić information content (AvgIpc) is 3.23. The molecule has 148 valence electrons. The van der Waals surface area contributed by atoms with Crippen LogP contribution in [0, 0.1) is 0 Å². The molecule has 1 saturated heterocycles. The summed E-state index contributed by atoms with van der Waals surface area (Å²) in [6.45, 7) is 1.50. The van der Waals surface area contributed by atoms with Gasteiger partial charge in [0.2, 0.25) is 5.89 Å². The van der Waals surface area contributed by atoms with Gasteiger partial charge in [-0.3, -0.25) is 9.69 Å². The second-order valence-corrected chi connectivity index (χ2v) is 7.95. The van der Waals surface area contributed by atoms with E-state index in [1.54, 1.807) is 43.3 Å². The van der Waals surface area contributed by atoms with Gasteiger partial charge < -0.3 is 9.73 Å². The number of nitrogens with one attached hydrogen (secondary N) is 1. The predicted octanol–water partition coefficient (Wildman–Crippen LogP) is 5.27. The summed E-state index contributed by atoms with van der Waals surface area (Å²) < 4.78 is 5.71. The van der Waals surface area contributed by atoms with Crippen LogP contribution in [-0.4, -0.2) is 21.8 Å². The molecule has 1 unspecified atom stereocenters. The van der Waals surface area contributed by atoms with E-state index in [2.05, 4.69) is 10.3 Å². The number of urea groups is 1. The Bertz CT molecular complexity index is 1130. The van der Waals surface area contributed by atoms with Crippen LogP contribution in [0.1, 0.15) is 18.4 Å². The van der Waals surface area contributed by atoms with Crippen LogP contribution in [-0.2, 0) is 16.9 Å². The summed E-state index contributed by atoms with van der Waals surface area (Å²) in [5, 5.41) is 3.93. The van der Waals surface area contributed by atoms with E-state index in [0.29, 0.717) is 26.4 Å². The van der Waals surface area contributed by atoms with Crippen molar-refractivity contribution in [2.75, 3.05) is 0 Å². The quantitative estimate of drug-likeness (QED) is 0.550. The molecule has 1 aliphatic heterocycles. The molecule has 1 aromatic heterocycles. The molecule has 29 heavy (non-hydrogen) atoms. The molecular formula is C20H14Cl3N3O3. The zero-order valence-corrected chi connectivity index (χ0v) is 17.3. The molecule has 0 saturated carbocycles. The first-order chi connectivity index (χ1) is 13.8. The Kier molecular flexibility index (Phi) is 5.02. The molecule has 1 aliphatic rings. The molecule has 2 aromatic carbocycles. The molecule has 1 atom stereocenters. The number of aromatic nitrogens is 1. The van der Waals surface area contributed by atoms with Gasteiger partial charge in [-0.1, -0.05) is 53.0 Å². The maximum atomic E-state index is 13.0. The largest absolute Gasteiger partial charge is 0.439 e. The summed E-state index contributed by atoms with van der Waals surface area (Å²) in [7, 11) is 0. The van der Waals surface area contributed by atoms with Gasteiger partial charge in [-0.15, -0.1) is 0 Å². The van der Waals surface area contributed by atoms with Gasteiger partial charge in [0.1, 0.15) is 12.1 Å².